The van der Waals surface area contributed by atoms with Crippen molar-refractivity contribution in [2.75, 3.05) is 60.0 Å². The van der Waals surface area contributed by atoms with E-state index < -0.39 is 0 Å². The van der Waals surface area contributed by atoms with E-state index in [0.29, 0.717) is 12.6 Å². The standard InChI is InChI=1S/C12H27N3O2/c1-11(9-14(2)3)13-8-12(16)10-15-4-6-17-7-5-15/h11-13,16H,4-10H2,1-3H3. The quantitative estimate of drug-likeness (QED) is 0.616. The van der Waals surface area contributed by atoms with Gasteiger partial charge in [0.15, 0.2) is 0 Å². The van der Waals surface area contributed by atoms with E-state index in [4.69, 9.17) is 4.74 Å². The SMILES string of the molecule is CC(CN(C)C)NCC(O)CN1CCOCC1. The Labute approximate surface area is 105 Å². The maximum atomic E-state index is 9.93. The maximum absolute atomic E-state index is 9.93. The minimum Gasteiger partial charge on any atom is -0.390 e. The Bertz CT molecular complexity index is 196. The summed E-state index contributed by atoms with van der Waals surface area (Å²) in [6.07, 6.45) is -0.294. The molecule has 0 bridgehead atoms. The Morgan fingerprint density at radius 1 is 1.35 bits per heavy atom. The highest BCUT2D eigenvalue weighted by Crippen LogP contribution is 1.98. The minimum atomic E-state index is -0.294. The molecule has 1 saturated heterocycles. The second-order valence-electron chi connectivity index (χ2n) is 5.14. The third-order valence-corrected chi connectivity index (χ3v) is 2.91. The number of aliphatic hydroxyl groups excluding tert-OH is 1. The molecule has 102 valence electrons. The van der Waals surface area contributed by atoms with Crippen LogP contribution in [0, 0.1) is 0 Å². The van der Waals surface area contributed by atoms with Crippen molar-refractivity contribution in [1.29, 1.82) is 0 Å². The Hall–Kier alpha value is -0.200. The smallest absolute Gasteiger partial charge is 0.0791 e. The number of hydrogen-bond acceptors (Lipinski definition) is 5. The van der Waals surface area contributed by atoms with Crippen LogP contribution in [0.4, 0.5) is 0 Å². The van der Waals surface area contributed by atoms with E-state index in [9.17, 15) is 5.11 Å². The van der Waals surface area contributed by atoms with E-state index in [1.807, 2.05) is 0 Å². The Morgan fingerprint density at radius 2 is 2.00 bits per heavy atom. The van der Waals surface area contributed by atoms with Gasteiger partial charge >= 0.3 is 0 Å². The van der Waals surface area contributed by atoms with Crippen LogP contribution in [0.5, 0.6) is 0 Å². The van der Waals surface area contributed by atoms with Crippen molar-refractivity contribution in [3.05, 3.63) is 0 Å². The Kier molecular flexibility index (Phi) is 6.99. The fraction of sp³-hybridized carbons (Fsp3) is 1.00. The van der Waals surface area contributed by atoms with Crippen molar-refractivity contribution in [2.45, 2.75) is 19.1 Å². The van der Waals surface area contributed by atoms with E-state index in [2.05, 4.69) is 36.1 Å². The van der Waals surface area contributed by atoms with Gasteiger partial charge in [0, 0.05) is 38.8 Å². The first-order valence-electron chi connectivity index (χ1n) is 6.44. The highest BCUT2D eigenvalue weighted by molar-refractivity contribution is 4.72. The Morgan fingerprint density at radius 3 is 2.59 bits per heavy atom. The molecule has 2 unspecified atom stereocenters. The van der Waals surface area contributed by atoms with Gasteiger partial charge in [-0.3, -0.25) is 4.90 Å². The van der Waals surface area contributed by atoms with E-state index >= 15 is 0 Å². The zero-order valence-corrected chi connectivity index (χ0v) is 11.4. The van der Waals surface area contributed by atoms with Gasteiger partial charge in [-0.25, -0.2) is 0 Å². The van der Waals surface area contributed by atoms with Gasteiger partial charge in [-0.05, 0) is 21.0 Å². The Balaban J connectivity index is 2.09. The zero-order valence-electron chi connectivity index (χ0n) is 11.4. The second kappa shape index (κ2) is 8.00. The van der Waals surface area contributed by atoms with Crippen LogP contribution in [0.3, 0.4) is 0 Å². The number of hydrogen-bond donors (Lipinski definition) is 2. The van der Waals surface area contributed by atoms with Crippen LogP contribution in [0.2, 0.25) is 0 Å². The van der Waals surface area contributed by atoms with Crippen molar-refractivity contribution < 1.29 is 9.84 Å². The van der Waals surface area contributed by atoms with Gasteiger partial charge < -0.3 is 20.1 Å². The summed E-state index contributed by atoms with van der Waals surface area (Å²) < 4.78 is 5.28. The number of likely N-dealkylation sites (N-methyl/N-ethyl adjacent to an activating group) is 1. The predicted molar refractivity (Wildman–Crippen MR) is 69.3 cm³/mol. The molecule has 2 N–H and O–H groups in total. The number of morpholine rings is 1. The summed E-state index contributed by atoms with van der Waals surface area (Å²) in [5.41, 5.74) is 0. The molecule has 1 aliphatic heterocycles. The lowest BCUT2D eigenvalue weighted by molar-refractivity contribution is 0.0144. The van der Waals surface area contributed by atoms with Gasteiger partial charge in [0.2, 0.25) is 0 Å². The van der Waals surface area contributed by atoms with Crippen LogP contribution < -0.4 is 5.32 Å². The van der Waals surface area contributed by atoms with Crippen molar-refractivity contribution in [3.8, 4) is 0 Å². The normalized spacial score (nSPS) is 21.7. The van der Waals surface area contributed by atoms with Crippen molar-refractivity contribution in [3.63, 3.8) is 0 Å². The lowest BCUT2D eigenvalue weighted by Crippen LogP contribution is -2.46. The molecule has 5 heteroatoms. The molecule has 0 aromatic heterocycles. The lowest BCUT2D eigenvalue weighted by atomic mass is 10.2. The number of rotatable bonds is 7. The molecule has 0 spiro atoms. The van der Waals surface area contributed by atoms with Gasteiger partial charge in [-0.15, -0.1) is 0 Å². The number of ether oxygens (including phenoxy) is 1. The van der Waals surface area contributed by atoms with Crippen LogP contribution in [-0.4, -0.2) is 87.1 Å². The minimum absolute atomic E-state index is 0.294. The molecule has 0 saturated carbocycles. The summed E-state index contributed by atoms with van der Waals surface area (Å²) in [7, 11) is 4.12. The summed E-state index contributed by atoms with van der Waals surface area (Å²) in [5, 5.41) is 13.3. The largest absolute Gasteiger partial charge is 0.390 e. The molecule has 1 fully saturated rings. The third-order valence-electron chi connectivity index (χ3n) is 2.91. The molecule has 0 aromatic carbocycles. The average Bonchev–Trinajstić information content (AvgIpc) is 2.27. The van der Waals surface area contributed by atoms with Crippen molar-refractivity contribution in [2.24, 2.45) is 0 Å². The van der Waals surface area contributed by atoms with E-state index in [-0.39, 0.29) is 6.10 Å². The summed E-state index contributed by atoms with van der Waals surface area (Å²) in [5.74, 6) is 0. The number of β-amino-alcohol motifs (C(OH)–C–C–N with tert-alkyl or cyclic N) is 1. The monoisotopic (exact) mass is 245 g/mol. The fourth-order valence-corrected chi connectivity index (χ4v) is 2.10. The summed E-state index contributed by atoms with van der Waals surface area (Å²) in [6, 6.07) is 0.407. The maximum Gasteiger partial charge on any atom is 0.0791 e. The molecule has 0 aromatic rings. The number of nitrogens with one attached hydrogen (secondary N) is 1. The highest BCUT2D eigenvalue weighted by atomic mass is 16.5. The van der Waals surface area contributed by atoms with Crippen LogP contribution in [0.1, 0.15) is 6.92 Å². The van der Waals surface area contributed by atoms with E-state index in [1.54, 1.807) is 0 Å². The first kappa shape index (κ1) is 14.9. The van der Waals surface area contributed by atoms with E-state index in [0.717, 1.165) is 39.4 Å². The molecule has 0 aliphatic carbocycles. The molecular weight excluding hydrogens is 218 g/mol. The zero-order chi connectivity index (χ0) is 12.7. The average molecular weight is 245 g/mol. The van der Waals surface area contributed by atoms with Gasteiger partial charge in [-0.2, -0.15) is 0 Å². The molecule has 17 heavy (non-hydrogen) atoms. The highest BCUT2D eigenvalue weighted by Gasteiger charge is 2.15. The lowest BCUT2D eigenvalue weighted by Gasteiger charge is -2.29. The molecule has 2 atom stereocenters. The van der Waals surface area contributed by atoms with Crippen LogP contribution >= 0.6 is 0 Å². The fourth-order valence-electron chi connectivity index (χ4n) is 2.10. The summed E-state index contributed by atoms with van der Waals surface area (Å²) in [4.78, 5) is 4.40. The van der Waals surface area contributed by atoms with Crippen LogP contribution in [-0.2, 0) is 4.74 Å². The molecular formula is C12H27N3O2. The topological polar surface area (TPSA) is 48.0 Å². The van der Waals surface area contributed by atoms with E-state index in [1.165, 1.54) is 0 Å². The van der Waals surface area contributed by atoms with Gasteiger partial charge in [-0.1, -0.05) is 0 Å². The molecule has 1 heterocycles. The number of aliphatic hydroxyl groups is 1. The molecule has 0 amide bonds. The second-order valence-corrected chi connectivity index (χ2v) is 5.14. The van der Waals surface area contributed by atoms with Gasteiger partial charge in [0.05, 0.1) is 19.3 Å². The van der Waals surface area contributed by atoms with Gasteiger partial charge in [0.25, 0.3) is 0 Å². The predicted octanol–water partition coefficient (Wildman–Crippen LogP) is -0.781. The first-order chi connectivity index (χ1) is 8.08. The van der Waals surface area contributed by atoms with Crippen molar-refractivity contribution in [1.82, 2.24) is 15.1 Å². The molecule has 5 nitrogen and oxygen atoms in total. The van der Waals surface area contributed by atoms with Gasteiger partial charge in [0.1, 0.15) is 0 Å². The summed E-state index contributed by atoms with van der Waals surface area (Å²) >= 11 is 0. The first-order valence-corrected chi connectivity index (χ1v) is 6.44. The van der Waals surface area contributed by atoms with Crippen LogP contribution in [0.25, 0.3) is 0 Å². The summed E-state index contributed by atoms with van der Waals surface area (Å²) in [6.45, 7) is 7.98. The van der Waals surface area contributed by atoms with Crippen molar-refractivity contribution >= 4 is 0 Å². The number of nitrogens with zero attached hydrogens (tertiary/aromatic N) is 2. The molecule has 0 radical (unpaired) electrons. The molecule has 1 rings (SSSR count). The molecule has 1 aliphatic rings. The third kappa shape index (κ3) is 6.95. The van der Waals surface area contributed by atoms with Crippen LogP contribution in [0.15, 0.2) is 0 Å².